The average molecular weight is 699 g/mol. The minimum absolute atomic E-state index is 0.00321. The van der Waals surface area contributed by atoms with Crippen LogP contribution in [-0.2, 0) is 0 Å². The minimum Gasteiger partial charge on any atom is -0.461 e. The van der Waals surface area contributed by atoms with Crippen LogP contribution in [0.4, 0.5) is 28.9 Å². The smallest absolute Gasteiger partial charge is 0.352 e. The average Bonchev–Trinajstić information content (AvgIpc) is 3.72. The number of likely N-dealkylation sites (tertiary alicyclic amines) is 1. The van der Waals surface area contributed by atoms with Gasteiger partial charge in [-0.2, -0.15) is 9.97 Å². The Hall–Kier alpha value is -4.13. The highest BCUT2D eigenvalue weighted by atomic mass is 35.5. The van der Waals surface area contributed by atoms with E-state index in [0.717, 1.165) is 37.1 Å². The number of alkyl halides is 1. The topological polar surface area (TPSA) is 108 Å². The number of nitrogens with zero attached hydrogens (tertiary/aromatic N) is 8. The number of piperazine rings is 1. The lowest BCUT2D eigenvalue weighted by Gasteiger charge is -2.40. The van der Waals surface area contributed by atoms with Gasteiger partial charge in [0.15, 0.2) is 10.9 Å². The first kappa shape index (κ1) is 31.2. The number of halogens is 4. The summed E-state index contributed by atoms with van der Waals surface area (Å²) >= 11 is 7.76. The molecule has 2 amide bonds. The molecule has 11 nitrogen and oxygen atoms in total. The van der Waals surface area contributed by atoms with Gasteiger partial charge in [-0.05, 0) is 37.6 Å². The predicted octanol–water partition coefficient (Wildman–Crippen LogP) is 5.61. The number of nitrogens with two attached hydrogens (primary N) is 1. The van der Waals surface area contributed by atoms with Gasteiger partial charge < -0.3 is 20.3 Å². The molecule has 6 heterocycles. The lowest BCUT2D eigenvalue weighted by molar-refractivity contribution is 0.100. The minimum atomic E-state index is -0.944. The first-order chi connectivity index (χ1) is 23.2. The second-order valence-electron chi connectivity index (χ2n) is 12.8. The van der Waals surface area contributed by atoms with Crippen LogP contribution >= 0.6 is 22.9 Å². The molecule has 4 aliphatic rings. The van der Waals surface area contributed by atoms with Crippen molar-refractivity contribution in [3.63, 3.8) is 0 Å². The number of aromatic nitrogens is 3. The van der Waals surface area contributed by atoms with E-state index >= 15 is 4.39 Å². The van der Waals surface area contributed by atoms with Crippen LogP contribution in [0, 0.1) is 18.2 Å². The Labute approximate surface area is 282 Å². The molecule has 250 valence electrons. The third kappa shape index (κ3) is 5.03. The molecule has 0 radical (unpaired) electrons. The van der Waals surface area contributed by atoms with Crippen LogP contribution in [0.2, 0.25) is 5.02 Å². The van der Waals surface area contributed by atoms with Gasteiger partial charge in [-0.1, -0.05) is 27.8 Å². The van der Waals surface area contributed by atoms with E-state index in [1.165, 1.54) is 12.1 Å². The van der Waals surface area contributed by atoms with E-state index < -0.39 is 23.3 Å². The quantitative estimate of drug-likeness (QED) is 0.287. The molecule has 2 N–H and O–H groups in total. The third-order valence-corrected chi connectivity index (χ3v) is 11.3. The SMILES string of the molecule is C#[N+][C@@H]1CCN1C(=O)N1CCN(c2nc(OC[C@@]34CCCN3C[C@H](F)C4)nc3c(F)c(-c4ccc(F)c5sc(N)nc45)c(Cl)cc23)CC1. The van der Waals surface area contributed by atoms with Gasteiger partial charge in [0.25, 0.3) is 6.57 Å². The zero-order valence-corrected chi connectivity index (χ0v) is 27.4. The molecule has 2 aromatic heterocycles. The fraction of sp³-hybridized carbons (Fsp3) is 0.469. The number of ether oxygens (including phenoxy) is 1. The largest absolute Gasteiger partial charge is 0.461 e. The number of nitrogen functional groups attached to an aromatic ring is 1. The Bertz CT molecular complexity index is 2000. The summed E-state index contributed by atoms with van der Waals surface area (Å²) in [6.07, 6.45) is 1.54. The second kappa shape index (κ2) is 11.8. The molecule has 0 spiro atoms. The summed E-state index contributed by atoms with van der Waals surface area (Å²) in [5.41, 5.74) is 5.85. The Kier molecular flexibility index (Phi) is 7.65. The number of thiazole rings is 1. The summed E-state index contributed by atoms with van der Waals surface area (Å²) in [6, 6.07) is 4.05. The van der Waals surface area contributed by atoms with Crippen molar-refractivity contribution in [3.8, 4) is 23.7 Å². The maximum absolute atomic E-state index is 16.8. The van der Waals surface area contributed by atoms with Crippen molar-refractivity contribution in [1.29, 1.82) is 0 Å². The molecule has 3 atom stereocenters. The van der Waals surface area contributed by atoms with E-state index in [4.69, 9.17) is 33.6 Å². The molecular weight excluding hydrogens is 667 g/mol. The number of amides is 2. The first-order valence-electron chi connectivity index (χ1n) is 15.9. The molecule has 4 aromatic rings. The zero-order valence-electron chi connectivity index (χ0n) is 25.8. The molecule has 0 bridgehead atoms. The summed E-state index contributed by atoms with van der Waals surface area (Å²) in [5.74, 6) is -0.882. The number of fused-ring (bicyclic) bond motifs is 3. The normalized spacial score (nSPS) is 24.3. The summed E-state index contributed by atoms with van der Waals surface area (Å²) in [7, 11) is 0. The Morgan fingerprint density at radius 1 is 1.15 bits per heavy atom. The molecular formula is C32H32ClF3N9O2S+. The van der Waals surface area contributed by atoms with Gasteiger partial charge in [0.05, 0.1) is 27.2 Å². The van der Waals surface area contributed by atoms with Crippen LogP contribution < -0.4 is 15.4 Å². The Morgan fingerprint density at radius 2 is 1.96 bits per heavy atom. The van der Waals surface area contributed by atoms with Crippen molar-refractivity contribution in [2.45, 2.75) is 43.6 Å². The number of benzene rings is 2. The second-order valence-corrected chi connectivity index (χ2v) is 14.3. The molecule has 4 fully saturated rings. The molecule has 48 heavy (non-hydrogen) atoms. The van der Waals surface area contributed by atoms with E-state index in [9.17, 15) is 13.6 Å². The molecule has 4 saturated heterocycles. The lowest BCUT2D eigenvalue weighted by atomic mass is 9.95. The number of hydrogen-bond acceptors (Lipinski definition) is 9. The number of rotatable bonds is 5. The highest BCUT2D eigenvalue weighted by Gasteiger charge is 2.49. The molecule has 2 aromatic carbocycles. The van der Waals surface area contributed by atoms with Crippen molar-refractivity contribution < 1.29 is 22.7 Å². The molecule has 4 aliphatic heterocycles. The number of urea groups is 1. The first-order valence-corrected chi connectivity index (χ1v) is 17.1. The number of carbonyl (C=O) groups is 1. The standard InChI is InChI=1S/C32H32ClF3N9O2S/c1-38-22-5-8-45(22)31(46)43-11-9-42(10-12-43)28-19-13-20(33)23(18-3-4-21(35)27-26(18)39-29(37)48-27)24(36)25(19)40-30(41-28)47-16-32-6-2-7-44(32)15-17(34)14-32/h1,3-4,13,17,22H,2,5-12,14-16H2,(H2,37,39)/q+1/t17-,22+,32+/m1/s1. The van der Waals surface area contributed by atoms with E-state index in [2.05, 4.69) is 19.7 Å². The van der Waals surface area contributed by atoms with Crippen molar-refractivity contribution in [1.82, 2.24) is 29.7 Å². The van der Waals surface area contributed by atoms with Gasteiger partial charge in [0.2, 0.25) is 0 Å². The Balaban J connectivity index is 1.18. The Morgan fingerprint density at radius 3 is 2.71 bits per heavy atom. The lowest BCUT2D eigenvalue weighted by Crippen LogP contribution is -2.58. The zero-order chi connectivity index (χ0) is 33.3. The predicted molar refractivity (Wildman–Crippen MR) is 179 cm³/mol. The maximum atomic E-state index is 16.8. The van der Waals surface area contributed by atoms with E-state index in [0.29, 0.717) is 56.9 Å². The highest BCUT2D eigenvalue weighted by molar-refractivity contribution is 7.22. The van der Waals surface area contributed by atoms with Gasteiger partial charge in [-0.3, -0.25) is 9.80 Å². The van der Waals surface area contributed by atoms with Gasteiger partial charge in [0, 0.05) is 62.2 Å². The number of carbonyl (C=O) groups excluding carboxylic acids is 1. The molecule has 0 saturated carbocycles. The van der Waals surface area contributed by atoms with Crippen LogP contribution in [-0.4, -0.2) is 106 Å². The highest BCUT2D eigenvalue weighted by Crippen LogP contribution is 2.44. The fourth-order valence-corrected chi connectivity index (χ4v) is 8.65. The number of hydrogen-bond donors (Lipinski definition) is 1. The van der Waals surface area contributed by atoms with Crippen LogP contribution in [0.15, 0.2) is 18.2 Å². The van der Waals surface area contributed by atoms with Crippen LogP contribution in [0.25, 0.3) is 37.1 Å². The fourth-order valence-electron chi connectivity index (χ4n) is 7.60. The van der Waals surface area contributed by atoms with Crippen LogP contribution in [0.5, 0.6) is 6.01 Å². The van der Waals surface area contributed by atoms with Gasteiger partial charge in [-0.15, -0.1) is 0 Å². The van der Waals surface area contributed by atoms with Gasteiger partial charge in [-0.25, -0.2) is 22.9 Å². The molecule has 16 heteroatoms. The third-order valence-electron chi connectivity index (χ3n) is 10.1. The summed E-state index contributed by atoms with van der Waals surface area (Å²) in [6.45, 7) is 8.92. The molecule has 8 rings (SSSR count). The number of anilines is 2. The maximum Gasteiger partial charge on any atom is 0.352 e. The van der Waals surface area contributed by atoms with Gasteiger partial charge in [0.1, 0.15) is 29.9 Å². The summed E-state index contributed by atoms with van der Waals surface area (Å²) in [4.78, 5) is 37.9. The van der Waals surface area contributed by atoms with E-state index in [1.807, 2.05) is 4.90 Å². The monoisotopic (exact) mass is 698 g/mol. The molecule has 0 aliphatic carbocycles. The van der Waals surface area contributed by atoms with Crippen molar-refractivity contribution in [2.75, 3.05) is 63.1 Å². The van der Waals surface area contributed by atoms with Crippen LogP contribution in [0.1, 0.15) is 25.7 Å². The summed E-state index contributed by atoms with van der Waals surface area (Å²) < 4.78 is 52.4. The van der Waals surface area contributed by atoms with Crippen molar-refractivity contribution in [2.24, 2.45) is 0 Å². The molecule has 0 unspecified atom stereocenters. The van der Waals surface area contributed by atoms with E-state index in [1.54, 1.807) is 15.9 Å². The van der Waals surface area contributed by atoms with Crippen LogP contribution in [0.3, 0.4) is 0 Å². The van der Waals surface area contributed by atoms with Gasteiger partial charge >= 0.3 is 18.2 Å². The van der Waals surface area contributed by atoms with E-state index in [-0.39, 0.29) is 61.8 Å². The summed E-state index contributed by atoms with van der Waals surface area (Å²) in [5, 5.41) is 0.539. The van der Waals surface area contributed by atoms with Crippen molar-refractivity contribution >= 4 is 61.0 Å². The van der Waals surface area contributed by atoms with Crippen molar-refractivity contribution in [3.05, 3.63) is 39.7 Å².